The summed E-state index contributed by atoms with van der Waals surface area (Å²) in [6.07, 6.45) is 0.958. The van der Waals surface area contributed by atoms with E-state index < -0.39 is 0 Å². The zero-order valence-electron chi connectivity index (χ0n) is 12.0. The summed E-state index contributed by atoms with van der Waals surface area (Å²) in [5, 5.41) is 3.75. The fourth-order valence-electron chi connectivity index (χ4n) is 2.03. The van der Waals surface area contributed by atoms with Crippen molar-refractivity contribution in [3.8, 4) is 5.75 Å². The number of nitrogens with one attached hydrogen (secondary N) is 1. The second kappa shape index (κ2) is 6.13. The van der Waals surface area contributed by atoms with Gasteiger partial charge in [-0.05, 0) is 24.5 Å². The van der Waals surface area contributed by atoms with Gasteiger partial charge in [-0.2, -0.15) is 0 Å². The highest BCUT2D eigenvalue weighted by molar-refractivity contribution is 7.21. The molecule has 3 N–H and O–H groups in total. The molecule has 0 fully saturated rings. The van der Waals surface area contributed by atoms with Gasteiger partial charge in [-0.15, -0.1) is 11.3 Å². The Kier molecular flexibility index (Phi) is 4.49. The van der Waals surface area contributed by atoms with Crippen LogP contribution in [0.4, 0.5) is 5.69 Å². The lowest BCUT2D eigenvalue weighted by molar-refractivity contribution is 0.0957. The van der Waals surface area contributed by atoms with Crippen molar-refractivity contribution >= 4 is 33.0 Å². The minimum Gasteiger partial charge on any atom is -0.496 e. The molecule has 1 aromatic carbocycles. The van der Waals surface area contributed by atoms with Crippen LogP contribution in [0.15, 0.2) is 18.2 Å². The maximum absolute atomic E-state index is 12.2. The summed E-state index contributed by atoms with van der Waals surface area (Å²) in [5.41, 5.74) is 6.62. The molecule has 0 bridgehead atoms. The zero-order valence-corrected chi connectivity index (χ0v) is 12.8. The molecule has 1 amide bonds. The average Bonchev–Trinajstić information content (AvgIpc) is 2.76. The first-order valence-electron chi connectivity index (χ1n) is 6.67. The van der Waals surface area contributed by atoms with E-state index in [1.165, 1.54) is 11.3 Å². The van der Waals surface area contributed by atoms with Crippen molar-refractivity contribution in [2.75, 3.05) is 19.4 Å². The van der Waals surface area contributed by atoms with Crippen molar-refractivity contribution in [1.29, 1.82) is 0 Å². The third-order valence-electron chi connectivity index (χ3n) is 3.15. The van der Waals surface area contributed by atoms with Crippen LogP contribution in [0, 0.1) is 5.92 Å². The molecule has 5 heteroatoms. The van der Waals surface area contributed by atoms with Crippen molar-refractivity contribution in [2.24, 2.45) is 5.92 Å². The van der Waals surface area contributed by atoms with Crippen LogP contribution in [-0.2, 0) is 0 Å². The Morgan fingerprint density at radius 1 is 1.45 bits per heavy atom. The number of nitrogen functional groups attached to an aromatic ring is 1. The molecule has 0 atom stereocenters. The number of amides is 1. The van der Waals surface area contributed by atoms with Crippen LogP contribution in [0.3, 0.4) is 0 Å². The number of benzene rings is 1. The minimum absolute atomic E-state index is 0.105. The molecule has 0 saturated heterocycles. The summed E-state index contributed by atoms with van der Waals surface area (Å²) in [6.45, 7) is 4.93. The smallest absolute Gasteiger partial charge is 0.263 e. The van der Waals surface area contributed by atoms with Gasteiger partial charge in [0.15, 0.2) is 0 Å². The highest BCUT2D eigenvalue weighted by Gasteiger charge is 2.18. The van der Waals surface area contributed by atoms with Crippen LogP contribution in [0.5, 0.6) is 5.75 Å². The number of ether oxygens (including phenoxy) is 1. The van der Waals surface area contributed by atoms with Gasteiger partial charge in [0.1, 0.15) is 10.6 Å². The Labute approximate surface area is 122 Å². The first kappa shape index (κ1) is 14.7. The molecule has 0 unspecified atom stereocenters. The monoisotopic (exact) mass is 292 g/mol. The molecule has 108 valence electrons. The number of anilines is 1. The van der Waals surface area contributed by atoms with E-state index in [2.05, 4.69) is 19.2 Å². The van der Waals surface area contributed by atoms with Gasteiger partial charge in [0.25, 0.3) is 5.91 Å². The molecule has 0 saturated carbocycles. The molecule has 0 aliphatic carbocycles. The minimum atomic E-state index is -0.105. The maximum Gasteiger partial charge on any atom is 0.263 e. The van der Waals surface area contributed by atoms with Crippen molar-refractivity contribution in [3.63, 3.8) is 0 Å². The molecular formula is C15H20N2O2S. The molecule has 2 rings (SSSR count). The van der Waals surface area contributed by atoms with Crippen LogP contribution in [0.2, 0.25) is 0 Å². The Balaban J connectivity index is 2.26. The van der Waals surface area contributed by atoms with Crippen LogP contribution in [-0.4, -0.2) is 19.6 Å². The zero-order chi connectivity index (χ0) is 14.7. The third kappa shape index (κ3) is 2.88. The van der Waals surface area contributed by atoms with Crippen molar-refractivity contribution in [3.05, 3.63) is 23.1 Å². The summed E-state index contributed by atoms with van der Waals surface area (Å²) >= 11 is 1.40. The molecular weight excluding hydrogens is 272 g/mol. The van der Waals surface area contributed by atoms with Gasteiger partial charge in [-0.3, -0.25) is 4.79 Å². The Bertz CT molecular complexity index is 620. The second-order valence-electron chi connectivity index (χ2n) is 5.12. The molecule has 2 aromatic rings. The quantitative estimate of drug-likeness (QED) is 0.889. The van der Waals surface area contributed by atoms with E-state index in [1.807, 2.05) is 18.2 Å². The average molecular weight is 292 g/mol. The first-order valence-corrected chi connectivity index (χ1v) is 7.49. The fraction of sp³-hybridized carbons (Fsp3) is 0.400. The number of methoxy groups -OCH3 is 1. The van der Waals surface area contributed by atoms with E-state index in [1.54, 1.807) is 7.11 Å². The molecule has 1 heterocycles. The van der Waals surface area contributed by atoms with Gasteiger partial charge in [-0.1, -0.05) is 19.9 Å². The summed E-state index contributed by atoms with van der Waals surface area (Å²) in [6, 6.07) is 5.70. The van der Waals surface area contributed by atoms with Gasteiger partial charge in [0, 0.05) is 11.2 Å². The molecule has 0 aliphatic heterocycles. The number of nitrogens with two attached hydrogens (primary N) is 1. The number of carbonyl (C=O) groups is 1. The molecule has 0 radical (unpaired) electrons. The molecule has 4 nitrogen and oxygen atoms in total. The predicted molar refractivity (Wildman–Crippen MR) is 84.6 cm³/mol. The van der Waals surface area contributed by atoms with E-state index in [9.17, 15) is 4.79 Å². The number of fused-ring (bicyclic) bond motifs is 1. The van der Waals surface area contributed by atoms with Crippen LogP contribution in [0.1, 0.15) is 29.9 Å². The number of thiophene rings is 1. The second-order valence-corrected chi connectivity index (χ2v) is 6.17. The highest BCUT2D eigenvalue weighted by Crippen LogP contribution is 2.39. The van der Waals surface area contributed by atoms with E-state index >= 15 is 0 Å². The molecule has 0 aliphatic rings. The molecule has 1 aromatic heterocycles. The number of rotatable bonds is 5. The van der Waals surface area contributed by atoms with Gasteiger partial charge in [-0.25, -0.2) is 0 Å². The van der Waals surface area contributed by atoms with E-state index in [0.29, 0.717) is 28.8 Å². The SMILES string of the molecule is COc1cccc2sc(C(=O)NCCC(C)C)c(N)c12. The normalized spacial score (nSPS) is 11.0. The standard InChI is InChI=1S/C15H20N2O2S/c1-9(2)7-8-17-15(18)14-13(16)12-10(19-3)5-4-6-11(12)20-14/h4-6,9H,7-8,16H2,1-3H3,(H,17,18). The Morgan fingerprint density at radius 3 is 2.85 bits per heavy atom. The number of hydrogen-bond acceptors (Lipinski definition) is 4. The van der Waals surface area contributed by atoms with Gasteiger partial charge in [0.2, 0.25) is 0 Å². The predicted octanol–water partition coefficient (Wildman–Crippen LogP) is 3.27. The maximum atomic E-state index is 12.2. The van der Waals surface area contributed by atoms with Crippen molar-refractivity contribution in [2.45, 2.75) is 20.3 Å². The summed E-state index contributed by atoms with van der Waals surface area (Å²) in [4.78, 5) is 12.8. The summed E-state index contributed by atoms with van der Waals surface area (Å²) in [7, 11) is 1.61. The third-order valence-corrected chi connectivity index (χ3v) is 4.32. The van der Waals surface area contributed by atoms with Gasteiger partial charge >= 0.3 is 0 Å². The number of carbonyl (C=O) groups excluding carboxylic acids is 1. The lowest BCUT2D eigenvalue weighted by atomic mass is 10.1. The summed E-state index contributed by atoms with van der Waals surface area (Å²) < 4.78 is 6.28. The highest BCUT2D eigenvalue weighted by atomic mass is 32.1. The Morgan fingerprint density at radius 2 is 2.20 bits per heavy atom. The van der Waals surface area contributed by atoms with Crippen LogP contribution < -0.4 is 15.8 Å². The van der Waals surface area contributed by atoms with Crippen LogP contribution >= 0.6 is 11.3 Å². The lowest BCUT2D eigenvalue weighted by Crippen LogP contribution is -2.25. The van der Waals surface area contributed by atoms with E-state index in [4.69, 9.17) is 10.5 Å². The van der Waals surface area contributed by atoms with Crippen molar-refractivity contribution in [1.82, 2.24) is 5.32 Å². The van der Waals surface area contributed by atoms with E-state index in [-0.39, 0.29) is 5.91 Å². The number of hydrogen-bond donors (Lipinski definition) is 2. The first-order chi connectivity index (χ1) is 9.54. The van der Waals surface area contributed by atoms with Crippen molar-refractivity contribution < 1.29 is 9.53 Å². The van der Waals surface area contributed by atoms with Crippen LogP contribution in [0.25, 0.3) is 10.1 Å². The van der Waals surface area contributed by atoms with Gasteiger partial charge < -0.3 is 15.8 Å². The largest absolute Gasteiger partial charge is 0.496 e. The molecule has 0 spiro atoms. The summed E-state index contributed by atoms with van der Waals surface area (Å²) in [5.74, 6) is 1.17. The lowest BCUT2D eigenvalue weighted by Gasteiger charge is -2.06. The topological polar surface area (TPSA) is 64.3 Å². The fourth-order valence-corrected chi connectivity index (χ4v) is 3.09. The van der Waals surface area contributed by atoms with E-state index in [0.717, 1.165) is 16.5 Å². The van der Waals surface area contributed by atoms with Gasteiger partial charge in [0.05, 0.1) is 18.2 Å². The Hall–Kier alpha value is -1.75. The molecule has 20 heavy (non-hydrogen) atoms.